The molecule has 0 saturated carbocycles. The summed E-state index contributed by atoms with van der Waals surface area (Å²) < 4.78 is 6.02. The molecule has 1 aliphatic heterocycles. The Morgan fingerprint density at radius 1 is 1.15 bits per heavy atom. The average molecular weight is 364 g/mol. The molecule has 0 spiro atoms. The molecular formula is C24H29NO2. The summed E-state index contributed by atoms with van der Waals surface area (Å²) in [4.78, 5) is 15.5. The van der Waals surface area contributed by atoms with Crippen molar-refractivity contribution in [1.29, 1.82) is 0 Å². The van der Waals surface area contributed by atoms with Gasteiger partial charge in [0.05, 0.1) is 12.6 Å². The molecule has 0 bridgehead atoms. The van der Waals surface area contributed by atoms with E-state index in [-0.39, 0.29) is 17.9 Å². The quantitative estimate of drug-likeness (QED) is 0.672. The third-order valence-corrected chi connectivity index (χ3v) is 5.25. The molecule has 3 nitrogen and oxygen atoms in total. The molecule has 3 heteroatoms. The minimum atomic E-state index is -0.591. The lowest BCUT2D eigenvalue weighted by Gasteiger charge is -2.36. The fourth-order valence-electron chi connectivity index (χ4n) is 3.93. The summed E-state index contributed by atoms with van der Waals surface area (Å²) >= 11 is 0. The molecule has 0 aromatic heterocycles. The number of carbonyl (C=O) groups is 1. The topological polar surface area (TPSA) is 29.5 Å². The molecule has 1 aliphatic rings. The van der Waals surface area contributed by atoms with Crippen LogP contribution in [0.3, 0.4) is 0 Å². The smallest absolute Gasteiger partial charge is 0.228 e. The average Bonchev–Trinajstić information content (AvgIpc) is 2.96. The first kappa shape index (κ1) is 19.4. The zero-order chi connectivity index (χ0) is 19.3. The monoisotopic (exact) mass is 363 g/mol. The van der Waals surface area contributed by atoms with E-state index >= 15 is 0 Å². The van der Waals surface area contributed by atoms with E-state index in [4.69, 9.17) is 4.74 Å². The zero-order valence-corrected chi connectivity index (χ0v) is 16.3. The number of rotatable bonds is 7. The van der Waals surface area contributed by atoms with E-state index in [2.05, 4.69) is 30.8 Å². The summed E-state index contributed by atoms with van der Waals surface area (Å²) in [6.07, 6.45) is 4.04. The van der Waals surface area contributed by atoms with Crippen molar-refractivity contribution in [2.75, 3.05) is 6.61 Å². The van der Waals surface area contributed by atoms with E-state index in [1.807, 2.05) is 61.2 Å². The molecular weight excluding hydrogens is 334 g/mol. The maximum Gasteiger partial charge on any atom is 0.228 e. The van der Waals surface area contributed by atoms with Crippen LogP contribution in [0.5, 0.6) is 0 Å². The number of amides is 1. The Bertz CT molecular complexity index is 754. The van der Waals surface area contributed by atoms with Gasteiger partial charge in [-0.1, -0.05) is 66.7 Å². The van der Waals surface area contributed by atoms with E-state index in [1.54, 1.807) is 0 Å². The molecule has 0 unspecified atom stereocenters. The Kier molecular flexibility index (Phi) is 6.12. The predicted molar refractivity (Wildman–Crippen MR) is 109 cm³/mol. The van der Waals surface area contributed by atoms with Crippen LogP contribution in [-0.4, -0.2) is 29.2 Å². The van der Waals surface area contributed by atoms with Crippen molar-refractivity contribution in [1.82, 2.24) is 4.90 Å². The maximum atomic E-state index is 13.6. The first-order valence-corrected chi connectivity index (χ1v) is 9.67. The third-order valence-electron chi connectivity index (χ3n) is 5.25. The number of hydrogen-bond donors (Lipinski definition) is 0. The number of benzene rings is 2. The number of nitrogens with zero attached hydrogens (tertiary/aromatic N) is 1. The highest BCUT2D eigenvalue weighted by Gasteiger charge is 2.45. The second-order valence-electron chi connectivity index (χ2n) is 7.72. The van der Waals surface area contributed by atoms with Crippen LogP contribution in [0, 0.1) is 5.92 Å². The van der Waals surface area contributed by atoms with E-state index in [0.29, 0.717) is 13.0 Å². The van der Waals surface area contributed by atoms with Crippen molar-refractivity contribution in [3.8, 4) is 0 Å². The van der Waals surface area contributed by atoms with E-state index < -0.39 is 5.72 Å². The Morgan fingerprint density at radius 3 is 2.33 bits per heavy atom. The van der Waals surface area contributed by atoms with E-state index in [9.17, 15) is 4.79 Å². The Hall–Kier alpha value is -2.39. The van der Waals surface area contributed by atoms with Crippen molar-refractivity contribution in [3.63, 3.8) is 0 Å². The molecule has 2 atom stereocenters. The van der Waals surface area contributed by atoms with Gasteiger partial charge in [0, 0.05) is 5.92 Å². The van der Waals surface area contributed by atoms with Crippen LogP contribution in [0.4, 0.5) is 0 Å². The van der Waals surface area contributed by atoms with Crippen LogP contribution >= 0.6 is 0 Å². The Labute approximate surface area is 162 Å². The molecule has 142 valence electrons. The predicted octanol–water partition coefficient (Wildman–Crippen LogP) is 4.63. The van der Waals surface area contributed by atoms with Gasteiger partial charge in [0.2, 0.25) is 5.91 Å². The van der Waals surface area contributed by atoms with Gasteiger partial charge in [0.1, 0.15) is 5.72 Å². The van der Waals surface area contributed by atoms with E-state index in [1.165, 1.54) is 11.1 Å². The summed E-state index contributed by atoms with van der Waals surface area (Å²) in [6, 6.07) is 20.6. The Balaban J connectivity index is 1.81. The summed E-state index contributed by atoms with van der Waals surface area (Å²) in [7, 11) is 0. The number of hydrogen-bond acceptors (Lipinski definition) is 2. The summed E-state index contributed by atoms with van der Waals surface area (Å²) in [5.41, 5.74) is 1.81. The highest BCUT2D eigenvalue weighted by atomic mass is 16.5. The van der Waals surface area contributed by atoms with E-state index in [0.717, 1.165) is 12.8 Å². The van der Waals surface area contributed by atoms with Crippen LogP contribution < -0.4 is 0 Å². The largest absolute Gasteiger partial charge is 0.354 e. The number of allylic oxidation sites excluding steroid dienone is 1. The van der Waals surface area contributed by atoms with Crippen molar-refractivity contribution < 1.29 is 9.53 Å². The van der Waals surface area contributed by atoms with Gasteiger partial charge in [-0.2, -0.15) is 0 Å². The van der Waals surface area contributed by atoms with Crippen LogP contribution in [0.2, 0.25) is 0 Å². The first-order chi connectivity index (χ1) is 13.0. The van der Waals surface area contributed by atoms with Crippen molar-refractivity contribution in [2.45, 2.75) is 44.9 Å². The minimum Gasteiger partial charge on any atom is -0.354 e. The molecule has 1 amide bonds. The zero-order valence-electron chi connectivity index (χ0n) is 16.3. The van der Waals surface area contributed by atoms with Gasteiger partial charge in [-0.3, -0.25) is 4.79 Å². The van der Waals surface area contributed by atoms with Gasteiger partial charge < -0.3 is 9.64 Å². The molecule has 27 heavy (non-hydrogen) atoms. The molecule has 2 aromatic carbocycles. The molecule has 0 aliphatic carbocycles. The SMILES string of the molecule is C=CC[C@H](Cc1ccccc1)C(=O)N1[C@H](Cc2ccccc2)COC1(C)C. The molecule has 3 rings (SSSR count). The van der Waals surface area contributed by atoms with Crippen LogP contribution in [0.15, 0.2) is 73.3 Å². The summed E-state index contributed by atoms with van der Waals surface area (Å²) in [6.45, 7) is 8.42. The number of carbonyl (C=O) groups excluding carboxylic acids is 1. The minimum absolute atomic E-state index is 0.0537. The van der Waals surface area contributed by atoms with Gasteiger partial charge >= 0.3 is 0 Å². The second-order valence-corrected chi connectivity index (χ2v) is 7.72. The lowest BCUT2D eigenvalue weighted by molar-refractivity contribution is -0.150. The third kappa shape index (κ3) is 4.67. The number of ether oxygens (including phenoxy) is 1. The van der Waals surface area contributed by atoms with Crippen molar-refractivity contribution in [3.05, 3.63) is 84.4 Å². The standard InChI is InChI=1S/C24H29NO2/c1-4-11-21(16-19-12-7-5-8-13-19)23(26)25-22(18-27-24(25,2)3)17-20-14-9-6-10-15-20/h4-10,12-15,21-22H,1,11,16-18H2,2-3H3/t21-,22-/m1/s1. The lowest BCUT2D eigenvalue weighted by atomic mass is 9.93. The maximum absolute atomic E-state index is 13.6. The fourth-order valence-corrected chi connectivity index (χ4v) is 3.93. The first-order valence-electron chi connectivity index (χ1n) is 9.67. The molecule has 2 aromatic rings. The molecule has 1 saturated heterocycles. The lowest BCUT2D eigenvalue weighted by Crippen LogP contribution is -2.51. The normalized spacial score (nSPS) is 19.6. The molecule has 0 radical (unpaired) electrons. The van der Waals surface area contributed by atoms with Gasteiger partial charge in [0.25, 0.3) is 0 Å². The summed E-state index contributed by atoms with van der Waals surface area (Å²) in [5, 5.41) is 0. The van der Waals surface area contributed by atoms with Crippen LogP contribution in [0.25, 0.3) is 0 Å². The molecule has 1 heterocycles. The van der Waals surface area contributed by atoms with Gasteiger partial charge in [0.15, 0.2) is 0 Å². The van der Waals surface area contributed by atoms with Gasteiger partial charge in [-0.15, -0.1) is 6.58 Å². The van der Waals surface area contributed by atoms with Gasteiger partial charge in [-0.25, -0.2) is 0 Å². The fraction of sp³-hybridized carbons (Fsp3) is 0.375. The van der Waals surface area contributed by atoms with Gasteiger partial charge in [-0.05, 0) is 44.2 Å². The van der Waals surface area contributed by atoms with Crippen molar-refractivity contribution >= 4 is 5.91 Å². The second kappa shape index (κ2) is 8.53. The molecule has 1 fully saturated rings. The highest BCUT2D eigenvalue weighted by molar-refractivity contribution is 5.80. The summed E-state index contributed by atoms with van der Waals surface area (Å²) in [5.74, 6) is 0.0336. The van der Waals surface area contributed by atoms with Crippen LogP contribution in [-0.2, 0) is 22.4 Å². The molecule has 0 N–H and O–H groups in total. The van der Waals surface area contributed by atoms with Crippen molar-refractivity contribution in [2.24, 2.45) is 5.92 Å². The highest BCUT2D eigenvalue weighted by Crippen LogP contribution is 2.32. The van der Waals surface area contributed by atoms with Crippen LogP contribution in [0.1, 0.15) is 31.4 Å². The Morgan fingerprint density at radius 2 is 1.74 bits per heavy atom.